The van der Waals surface area contributed by atoms with E-state index in [0.717, 1.165) is 25.4 Å². The highest BCUT2D eigenvalue weighted by atomic mass is 16.5. The van der Waals surface area contributed by atoms with Crippen molar-refractivity contribution in [3.63, 3.8) is 0 Å². The van der Waals surface area contributed by atoms with Gasteiger partial charge in [-0.15, -0.1) is 0 Å². The largest absolute Gasteiger partial charge is 0.467 e. The minimum absolute atomic E-state index is 0.233. The van der Waals surface area contributed by atoms with Crippen LogP contribution in [0.3, 0.4) is 0 Å². The molecule has 0 unspecified atom stereocenters. The molecule has 1 aromatic rings. The number of hydrogen-bond donors (Lipinski definition) is 1. The summed E-state index contributed by atoms with van der Waals surface area (Å²) in [5, 5.41) is 3.54. The van der Waals surface area contributed by atoms with E-state index in [9.17, 15) is 4.79 Å². The first kappa shape index (κ1) is 14.6. The molecule has 0 radical (unpaired) electrons. The average Bonchev–Trinajstić information content (AvgIpc) is 2.98. The molecule has 1 N–H and O–H groups in total. The van der Waals surface area contributed by atoms with Crippen molar-refractivity contribution in [3.05, 3.63) is 23.7 Å². The number of ether oxygens (including phenoxy) is 1. The van der Waals surface area contributed by atoms with Gasteiger partial charge >= 0.3 is 5.97 Å². The Hall–Kier alpha value is -1.33. The molecule has 5 heteroatoms. The van der Waals surface area contributed by atoms with E-state index in [0.29, 0.717) is 12.1 Å². The predicted octanol–water partition coefficient (Wildman–Crippen LogP) is 2.17. The summed E-state index contributed by atoms with van der Waals surface area (Å²) in [7, 11) is 1.41. The van der Waals surface area contributed by atoms with Gasteiger partial charge in [-0.1, -0.05) is 19.3 Å². The maximum Gasteiger partial charge on any atom is 0.341 e. The number of nitrogens with one attached hydrogen (secondary N) is 1. The van der Waals surface area contributed by atoms with Crippen molar-refractivity contribution in [2.75, 3.05) is 26.7 Å². The quantitative estimate of drug-likeness (QED) is 0.865. The van der Waals surface area contributed by atoms with Gasteiger partial charge in [0.1, 0.15) is 11.3 Å². The fraction of sp³-hybridized carbons (Fsp3) is 0.688. The van der Waals surface area contributed by atoms with Crippen LogP contribution in [0, 0.1) is 0 Å². The molecule has 2 aliphatic rings. The van der Waals surface area contributed by atoms with Gasteiger partial charge in [-0.2, -0.15) is 0 Å². The van der Waals surface area contributed by atoms with E-state index >= 15 is 0 Å². The molecule has 21 heavy (non-hydrogen) atoms. The van der Waals surface area contributed by atoms with Gasteiger partial charge in [0.15, 0.2) is 0 Å². The number of piperazine rings is 1. The lowest BCUT2D eigenvalue weighted by atomic mass is 9.79. The lowest BCUT2D eigenvalue weighted by Crippen LogP contribution is -2.61. The van der Waals surface area contributed by atoms with Crippen LogP contribution < -0.4 is 5.32 Å². The molecule has 1 saturated heterocycles. The molecule has 1 saturated carbocycles. The molecule has 2 heterocycles. The molecule has 1 aliphatic carbocycles. The SMILES string of the molecule is COC(=O)c1ccoc1CN1CCNCC12CCCCC2. The number of methoxy groups -OCH3 is 1. The summed E-state index contributed by atoms with van der Waals surface area (Å²) in [6.07, 6.45) is 7.96. The summed E-state index contributed by atoms with van der Waals surface area (Å²) >= 11 is 0. The average molecular weight is 292 g/mol. The van der Waals surface area contributed by atoms with Crippen LogP contribution >= 0.6 is 0 Å². The molecule has 0 bridgehead atoms. The van der Waals surface area contributed by atoms with E-state index in [-0.39, 0.29) is 11.5 Å². The molecular formula is C16H24N2O3. The third kappa shape index (κ3) is 2.85. The van der Waals surface area contributed by atoms with Gasteiger partial charge in [0, 0.05) is 25.2 Å². The van der Waals surface area contributed by atoms with Gasteiger partial charge in [-0.25, -0.2) is 4.79 Å². The Bertz CT molecular complexity index is 483. The van der Waals surface area contributed by atoms with E-state index in [2.05, 4.69) is 10.2 Å². The van der Waals surface area contributed by atoms with Gasteiger partial charge in [-0.3, -0.25) is 4.90 Å². The number of hydrogen-bond acceptors (Lipinski definition) is 5. The van der Waals surface area contributed by atoms with Crippen LogP contribution in [-0.4, -0.2) is 43.2 Å². The Balaban J connectivity index is 1.79. The van der Waals surface area contributed by atoms with Crippen LogP contribution in [0.2, 0.25) is 0 Å². The summed E-state index contributed by atoms with van der Waals surface area (Å²) in [6.45, 7) is 3.73. The molecule has 1 aromatic heterocycles. The topological polar surface area (TPSA) is 54.7 Å². The molecule has 0 aromatic carbocycles. The molecule has 116 valence electrons. The van der Waals surface area contributed by atoms with Gasteiger partial charge in [0.25, 0.3) is 0 Å². The second-order valence-electron chi connectivity index (χ2n) is 6.13. The molecule has 0 amide bonds. The number of nitrogens with zero attached hydrogens (tertiary/aromatic N) is 1. The van der Waals surface area contributed by atoms with Crippen molar-refractivity contribution >= 4 is 5.97 Å². The maximum absolute atomic E-state index is 11.8. The maximum atomic E-state index is 11.8. The minimum Gasteiger partial charge on any atom is -0.467 e. The summed E-state index contributed by atoms with van der Waals surface area (Å²) in [6, 6.07) is 1.71. The van der Waals surface area contributed by atoms with E-state index in [1.807, 2.05) is 0 Å². The molecule has 1 aliphatic heterocycles. The third-order valence-electron chi connectivity index (χ3n) is 4.95. The summed E-state index contributed by atoms with van der Waals surface area (Å²) in [5.74, 6) is 0.417. The first-order valence-electron chi connectivity index (χ1n) is 7.86. The van der Waals surface area contributed by atoms with Crippen LogP contribution in [0.15, 0.2) is 16.7 Å². The van der Waals surface area contributed by atoms with Crippen molar-refractivity contribution in [2.45, 2.75) is 44.2 Å². The monoisotopic (exact) mass is 292 g/mol. The van der Waals surface area contributed by atoms with Crippen LogP contribution in [0.1, 0.15) is 48.2 Å². The second kappa shape index (κ2) is 6.20. The molecule has 2 fully saturated rings. The van der Waals surface area contributed by atoms with Crippen LogP contribution in [0.5, 0.6) is 0 Å². The molecular weight excluding hydrogens is 268 g/mol. The van der Waals surface area contributed by atoms with Crippen molar-refractivity contribution in [3.8, 4) is 0 Å². The highest BCUT2D eigenvalue weighted by Gasteiger charge is 2.40. The highest BCUT2D eigenvalue weighted by Crippen LogP contribution is 2.35. The fourth-order valence-electron chi connectivity index (χ4n) is 3.76. The Morgan fingerprint density at radius 1 is 1.43 bits per heavy atom. The summed E-state index contributed by atoms with van der Waals surface area (Å²) in [5.41, 5.74) is 0.790. The zero-order valence-electron chi connectivity index (χ0n) is 12.7. The Morgan fingerprint density at radius 2 is 2.24 bits per heavy atom. The Kier molecular flexibility index (Phi) is 4.31. The summed E-state index contributed by atoms with van der Waals surface area (Å²) < 4.78 is 10.4. The van der Waals surface area contributed by atoms with Gasteiger partial charge in [0.05, 0.1) is 19.9 Å². The molecule has 0 atom stereocenters. The van der Waals surface area contributed by atoms with E-state index in [1.54, 1.807) is 12.3 Å². The smallest absolute Gasteiger partial charge is 0.341 e. The fourth-order valence-corrected chi connectivity index (χ4v) is 3.76. The van der Waals surface area contributed by atoms with Crippen LogP contribution in [0.25, 0.3) is 0 Å². The number of rotatable bonds is 3. The lowest BCUT2D eigenvalue weighted by Gasteiger charge is -2.49. The van der Waals surface area contributed by atoms with E-state index in [4.69, 9.17) is 9.15 Å². The third-order valence-corrected chi connectivity index (χ3v) is 4.95. The Morgan fingerprint density at radius 3 is 3.00 bits per heavy atom. The first-order chi connectivity index (χ1) is 10.2. The van der Waals surface area contributed by atoms with Crippen molar-refractivity contribution in [1.82, 2.24) is 10.2 Å². The standard InChI is InChI=1S/C16H24N2O3/c1-20-15(19)13-5-10-21-14(13)11-18-9-8-17-12-16(18)6-3-2-4-7-16/h5,10,17H,2-4,6-9,11-12H2,1H3. The number of carbonyl (C=O) groups is 1. The number of furan rings is 1. The predicted molar refractivity (Wildman–Crippen MR) is 79.1 cm³/mol. The molecule has 3 rings (SSSR count). The van der Waals surface area contributed by atoms with Gasteiger partial charge < -0.3 is 14.5 Å². The van der Waals surface area contributed by atoms with Gasteiger partial charge in [-0.05, 0) is 18.9 Å². The van der Waals surface area contributed by atoms with Crippen molar-refractivity contribution in [1.29, 1.82) is 0 Å². The zero-order chi connectivity index (χ0) is 14.7. The number of esters is 1. The molecule has 5 nitrogen and oxygen atoms in total. The zero-order valence-corrected chi connectivity index (χ0v) is 12.7. The first-order valence-corrected chi connectivity index (χ1v) is 7.86. The Labute approximate surface area is 125 Å². The van der Waals surface area contributed by atoms with Crippen LogP contribution in [0.4, 0.5) is 0 Å². The normalized spacial score (nSPS) is 22.3. The van der Waals surface area contributed by atoms with Crippen LogP contribution in [-0.2, 0) is 11.3 Å². The lowest BCUT2D eigenvalue weighted by molar-refractivity contribution is 0.0154. The highest BCUT2D eigenvalue weighted by molar-refractivity contribution is 5.90. The number of carbonyl (C=O) groups excluding carboxylic acids is 1. The molecule has 1 spiro atoms. The second-order valence-corrected chi connectivity index (χ2v) is 6.13. The van der Waals surface area contributed by atoms with E-state index < -0.39 is 0 Å². The van der Waals surface area contributed by atoms with Gasteiger partial charge in [0.2, 0.25) is 0 Å². The minimum atomic E-state index is -0.313. The van der Waals surface area contributed by atoms with Crippen molar-refractivity contribution in [2.24, 2.45) is 0 Å². The van der Waals surface area contributed by atoms with Crippen molar-refractivity contribution < 1.29 is 13.9 Å². The van der Waals surface area contributed by atoms with E-state index in [1.165, 1.54) is 39.2 Å². The summed E-state index contributed by atoms with van der Waals surface area (Å²) in [4.78, 5) is 14.3.